The van der Waals surface area contributed by atoms with E-state index in [1.54, 1.807) is 12.1 Å². The van der Waals surface area contributed by atoms with Crippen LogP contribution in [-0.2, 0) is 6.54 Å². The van der Waals surface area contributed by atoms with Crippen molar-refractivity contribution in [2.45, 2.75) is 44.7 Å². The molecule has 0 amide bonds. The fraction of sp³-hybridized carbons (Fsp3) is 0.562. The fourth-order valence-corrected chi connectivity index (χ4v) is 3.34. The molecule has 2 fully saturated rings. The van der Waals surface area contributed by atoms with Gasteiger partial charge < -0.3 is 10.4 Å². The Morgan fingerprint density at radius 3 is 2.53 bits per heavy atom. The van der Waals surface area contributed by atoms with Gasteiger partial charge in [-0.3, -0.25) is 0 Å². The van der Waals surface area contributed by atoms with Gasteiger partial charge in [-0.2, -0.15) is 0 Å². The highest BCUT2D eigenvalue weighted by Gasteiger charge is 2.38. The quantitative estimate of drug-likeness (QED) is 0.854. The van der Waals surface area contributed by atoms with Gasteiger partial charge in [-0.15, -0.1) is 0 Å². The maximum atomic E-state index is 10.8. The number of benzene rings is 1. The molecule has 0 aromatic heterocycles. The van der Waals surface area contributed by atoms with Gasteiger partial charge in [0.05, 0.1) is 5.56 Å². The molecule has 0 radical (unpaired) electrons. The molecule has 2 N–H and O–H groups in total. The van der Waals surface area contributed by atoms with E-state index >= 15 is 0 Å². The molecule has 2 saturated carbocycles. The molecule has 0 heterocycles. The number of carboxylic acids is 1. The van der Waals surface area contributed by atoms with Crippen LogP contribution in [0.25, 0.3) is 0 Å². The second-order valence-electron chi connectivity index (χ2n) is 5.92. The monoisotopic (exact) mass is 259 g/mol. The zero-order chi connectivity index (χ0) is 13.2. The third kappa shape index (κ3) is 2.98. The third-order valence-corrected chi connectivity index (χ3v) is 4.57. The van der Waals surface area contributed by atoms with Gasteiger partial charge in [-0.1, -0.05) is 18.6 Å². The Kier molecular flexibility index (Phi) is 3.56. The minimum absolute atomic E-state index is 0.362. The highest BCUT2D eigenvalue weighted by molar-refractivity contribution is 5.87. The minimum atomic E-state index is -0.857. The lowest BCUT2D eigenvalue weighted by Crippen LogP contribution is -2.32. The second kappa shape index (κ2) is 5.33. The molecule has 102 valence electrons. The van der Waals surface area contributed by atoms with Crippen molar-refractivity contribution in [1.29, 1.82) is 0 Å². The molecule has 1 aromatic carbocycles. The first-order valence-electron chi connectivity index (χ1n) is 7.29. The lowest BCUT2D eigenvalue weighted by molar-refractivity contribution is 0.0697. The molecule has 2 aliphatic carbocycles. The van der Waals surface area contributed by atoms with Crippen molar-refractivity contribution in [1.82, 2.24) is 5.32 Å². The van der Waals surface area contributed by atoms with Crippen LogP contribution in [0, 0.1) is 11.8 Å². The zero-order valence-electron chi connectivity index (χ0n) is 11.1. The number of hydrogen-bond acceptors (Lipinski definition) is 2. The summed E-state index contributed by atoms with van der Waals surface area (Å²) in [4.78, 5) is 10.8. The SMILES string of the molecule is O=C(O)c1ccc(CNC2CCCC2C2CC2)cc1. The molecule has 3 rings (SSSR count). The Morgan fingerprint density at radius 1 is 1.16 bits per heavy atom. The van der Waals surface area contributed by atoms with Crippen LogP contribution < -0.4 is 5.32 Å². The molecular formula is C16H21NO2. The molecule has 19 heavy (non-hydrogen) atoms. The number of nitrogens with one attached hydrogen (secondary N) is 1. The van der Waals surface area contributed by atoms with Crippen molar-refractivity contribution in [3.05, 3.63) is 35.4 Å². The summed E-state index contributed by atoms with van der Waals surface area (Å²) in [6.07, 6.45) is 6.90. The first kappa shape index (κ1) is 12.7. The van der Waals surface area contributed by atoms with Crippen LogP contribution in [0.4, 0.5) is 0 Å². The maximum Gasteiger partial charge on any atom is 0.335 e. The Hall–Kier alpha value is -1.35. The van der Waals surface area contributed by atoms with Crippen LogP contribution in [0.15, 0.2) is 24.3 Å². The van der Waals surface area contributed by atoms with E-state index in [4.69, 9.17) is 5.11 Å². The highest BCUT2D eigenvalue weighted by atomic mass is 16.4. The molecular weight excluding hydrogens is 238 g/mol. The summed E-state index contributed by atoms with van der Waals surface area (Å²) >= 11 is 0. The summed E-state index contributed by atoms with van der Waals surface area (Å²) in [5.74, 6) is 1.01. The van der Waals surface area contributed by atoms with Crippen LogP contribution in [0.5, 0.6) is 0 Å². The van der Waals surface area contributed by atoms with E-state index in [-0.39, 0.29) is 0 Å². The summed E-state index contributed by atoms with van der Waals surface area (Å²) in [6.45, 7) is 0.855. The highest BCUT2D eigenvalue weighted by Crippen LogP contribution is 2.45. The summed E-state index contributed by atoms with van der Waals surface area (Å²) in [6, 6.07) is 7.88. The van der Waals surface area contributed by atoms with Gasteiger partial charge in [0.15, 0.2) is 0 Å². The Bertz CT molecular complexity index is 450. The smallest absolute Gasteiger partial charge is 0.335 e. The maximum absolute atomic E-state index is 10.8. The normalized spacial score (nSPS) is 26.5. The zero-order valence-corrected chi connectivity index (χ0v) is 11.1. The minimum Gasteiger partial charge on any atom is -0.478 e. The van der Waals surface area contributed by atoms with E-state index < -0.39 is 5.97 Å². The van der Waals surface area contributed by atoms with Crippen LogP contribution in [0.3, 0.4) is 0 Å². The Labute approximate surface area is 114 Å². The number of carbonyl (C=O) groups is 1. The lowest BCUT2D eigenvalue weighted by atomic mass is 9.97. The van der Waals surface area contributed by atoms with E-state index in [0.717, 1.165) is 18.4 Å². The molecule has 2 atom stereocenters. The van der Waals surface area contributed by atoms with Gasteiger partial charge in [-0.05, 0) is 55.2 Å². The molecule has 3 nitrogen and oxygen atoms in total. The molecule has 0 spiro atoms. The third-order valence-electron chi connectivity index (χ3n) is 4.57. The van der Waals surface area contributed by atoms with Crippen LogP contribution in [0.1, 0.15) is 48.0 Å². The van der Waals surface area contributed by atoms with Gasteiger partial charge in [0.1, 0.15) is 0 Å². The predicted molar refractivity (Wildman–Crippen MR) is 74.1 cm³/mol. The molecule has 0 bridgehead atoms. The van der Waals surface area contributed by atoms with E-state index in [1.165, 1.54) is 37.7 Å². The van der Waals surface area contributed by atoms with Gasteiger partial charge >= 0.3 is 5.97 Å². The van der Waals surface area contributed by atoms with E-state index in [9.17, 15) is 4.79 Å². The van der Waals surface area contributed by atoms with Crippen molar-refractivity contribution in [2.24, 2.45) is 11.8 Å². The van der Waals surface area contributed by atoms with Crippen molar-refractivity contribution in [3.63, 3.8) is 0 Å². The largest absolute Gasteiger partial charge is 0.478 e. The average Bonchev–Trinajstić information content (AvgIpc) is 3.16. The first-order valence-corrected chi connectivity index (χ1v) is 7.29. The van der Waals surface area contributed by atoms with Crippen LogP contribution in [0.2, 0.25) is 0 Å². The number of carboxylic acid groups (broad SMARTS) is 1. The summed E-state index contributed by atoms with van der Waals surface area (Å²) in [5.41, 5.74) is 1.53. The van der Waals surface area contributed by atoms with Crippen LogP contribution >= 0.6 is 0 Å². The lowest BCUT2D eigenvalue weighted by Gasteiger charge is -2.20. The van der Waals surface area contributed by atoms with E-state index in [2.05, 4.69) is 5.32 Å². The second-order valence-corrected chi connectivity index (χ2v) is 5.92. The fourth-order valence-electron chi connectivity index (χ4n) is 3.34. The molecule has 0 saturated heterocycles. The average molecular weight is 259 g/mol. The van der Waals surface area contributed by atoms with Gasteiger partial charge in [0.25, 0.3) is 0 Å². The molecule has 2 aliphatic rings. The van der Waals surface area contributed by atoms with Crippen molar-refractivity contribution < 1.29 is 9.90 Å². The number of hydrogen-bond donors (Lipinski definition) is 2. The number of rotatable bonds is 5. The summed E-state index contributed by atoms with van der Waals surface area (Å²) in [5, 5.41) is 12.5. The number of aromatic carboxylic acids is 1. The summed E-state index contributed by atoms with van der Waals surface area (Å²) < 4.78 is 0. The Balaban J connectivity index is 1.55. The Morgan fingerprint density at radius 2 is 1.89 bits per heavy atom. The van der Waals surface area contributed by atoms with Gasteiger partial charge in [0, 0.05) is 12.6 Å². The van der Waals surface area contributed by atoms with Crippen molar-refractivity contribution in [3.8, 4) is 0 Å². The summed E-state index contributed by atoms with van der Waals surface area (Å²) in [7, 11) is 0. The van der Waals surface area contributed by atoms with E-state index in [0.29, 0.717) is 11.6 Å². The first-order chi connectivity index (χ1) is 9.24. The van der Waals surface area contributed by atoms with Crippen molar-refractivity contribution >= 4 is 5.97 Å². The standard InChI is InChI=1S/C16H21NO2/c18-16(19)13-6-4-11(5-7-13)10-17-15-3-1-2-14(15)12-8-9-12/h4-7,12,14-15,17H,1-3,8-10H2,(H,18,19). The predicted octanol–water partition coefficient (Wildman–Crippen LogP) is 3.05. The molecule has 0 aliphatic heterocycles. The van der Waals surface area contributed by atoms with Crippen LogP contribution in [-0.4, -0.2) is 17.1 Å². The van der Waals surface area contributed by atoms with Crippen molar-refractivity contribution in [2.75, 3.05) is 0 Å². The molecule has 2 unspecified atom stereocenters. The molecule has 3 heteroatoms. The topological polar surface area (TPSA) is 49.3 Å². The molecule has 1 aromatic rings. The van der Waals surface area contributed by atoms with Gasteiger partial charge in [-0.25, -0.2) is 4.79 Å². The van der Waals surface area contributed by atoms with E-state index in [1.807, 2.05) is 12.1 Å². The van der Waals surface area contributed by atoms with Gasteiger partial charge in [0.2, 0.25) is 0 Å².